The lowest BCUT2D eigenvalue weighted by molar-refractivity contribution is -0.142. The van der Waals surface area contributed by atoms with E-state index in [4.69, 9.17) is 37.4 Å². The van der Waals surface area contributed by atoms with Gasteiger partial charge in [-0.3, -0.25) is 4.79 Å². The van der Waals surface area contributed by atoms with Crippen LogP contribution < -0.4 is 14.8 Å². The average Bonchev–Trinajstić information content (AvgIpc) is 2.83. The van der Waals surface area contributed by atoms with Crippen LogP contribution in [0.1, 0.15) is 15.9 Å². The van der Waals surface area contributed by atoms with Gasteiger partial charge in [-0.25, -0.2) is 9.18 Å². The molecule has 0 radical (unpaired) electrons. The van der Waals surface area contributed by atoms with Crippen LogP contribution in [-0.2, 0) is 16.0 Å². The normalized spacial score (nSPS) is 11.5. The first-order chi connectivity index (χ1) is 16.3. The first-order valence-electron chi connectivity index (χ1n) is 10.1. The second-order valence-electron chi connectivity index (χ2n) is 7.20. The molecule has 0 bridgehead atoms. The zero-order valence-corrected chi connectivity index (χ0v) is 20.2. The summed E-state index contributed by atoms with van der Waals surface area (Å²) in [5.74, 6) is -1.24. The molecular weight excluding hydrogens is 484 g/mol. The summed E-state index contributed by atoms with van der Waals surface area (Å²) in [6, 6.07) is 13.5. The van der Waals surface area contributed by atoms with Crippen LogP contribution in [0.5, 0.6) is 11.5 Å². The zero-order valence-electron chi connectivity index (χ0n) is 18.7. The lowest BCUT2D eigenvalue weighted by Gasteiger charge is -2.18. The third kappa shape index (κ3) is 5.43. The van der Waals surface area contributed by atoms with Gasteiger partial charge < -0.3 is 19.5 Å². The Balaban J connectivity index is 1.87. The van der Waals surface area contributed by atoms with Crippen molar-refractivity contribution in [1.29, 1.82) is 0 Å². The van der Waals surface area contributed by atoms with Gasteiger partial charge in [0.25, 0.3) is 5.91 Å². The Hall–Kier alpha value is -3.29. The number of carbonyl (C=O) groups excluding carboxylic acids is 2. The molecule has 0 saturated carbocycles. The van der Waals surface area contributed by atoms with Gasteiger partial charge in [0, 0.05) is 6.42 Å². The molecule has 0 saturated heterocycles. The zero-order chi connectivity index (χ0) is 24.8. The van der Waals surface area contributed by atoms with Crippen LogP contribution in [0, 0.1) is 5.82 Å². The smallest absolute Gasteiger partial charge is 0.328 e. The van der Waals surface area contributed by atoms with Crippen LogP contribution in [0.15, 0.2) is 54.6 Å². The third-order valence-electron chi connectivity index (χ3n) is 5.16. The molecule has 0 aliphatic rings. The van der Waals surface area contributed by atoms with Gasteiger partial charge in [0.1, 0.15) is 11.8 Å². The van der Waals surface area contributed by atoms with Crippen LogP contribution in [0.4, 0.5) is 4.39 Å². The maximum atomic E-state index is 14.3. The lowest BCUT2D eigenvalue weighted by Crippen LogP contribution is -2.43. The molecule has 3 aromatic rings. The number of ether oxygens (including phenoxy) is 3. The van der Waals surface area contributed by atoms with Crippen molar-refractivity contribution in [2.45, 2.75) is 12.5 Å². The molecule has 0 aliphatic heterocycles. The minimum atomic E-state index is -0.992. The first-order valence-corrected chi connectivity index (χ1v) is 10.9. The number of hydrogen-bond acceptors (Lipinski definition) is 5. The topological polar surface area (TPSA) is 73.9 Å². The van der Waals surface area contributed by atoms with E-state index in [1.165, 1.54) is 45.6 Å². The molecule has 1 amide bonds. The molecule has 0 spiro atoms. The fourth-order valence-corrected chi connectivity index (χ4v) is 4.08. The van der Waals surface area contributed by atoms with E-state index in [9.17, 15) is 14.0 Å². The predicted molar refractivity (Wildman–Crippen MR) is 128 cm³/mol. The lowest BCUT2D eigenvalue weighted by atomic mass is 9.99. The number of halogens is 3. The fraction of sp³-hybridized carbons (Fsp3) is 0.200. The molecule has 0 heterocycles. The van der Waals surface area contributed by atoms with E-state index in [1.807, 2.05) is 0 Å². The standard InChI is InChI=1S/C25H22Cl2FNO5/c1-32-20-12-11-18(28)23(33-2)21(20)15-9-7-14(8-10-15)13-19(25(31)34-3)29-24(30)22-16(26)5-4-6-17(22)27/h4-12,19H,13H2,1-3H3,(H,29,30)/t19-/m0/s1. The van der Waals surface area contributed by atoms with Crippen LogP contribution in [0.3, 0.4) is 0 Å². The predicted octanol–water partition coefficient (Wildman–Crippen LogP) is 5.33. The summed E-state index contributed by atoms with van der Waals surface area (Å²) >= 11 is 12.2. The van der Waals surface area contributed by atoms with Crippen LogP contribution in [-0.4, -0.2) is 39.2 Å². The molecule has 1 atom stereocenters. The summed E-state index contributed by atoms with van der Waals surface area (Å²) in [7, 11) is 4.10. The minimum Gasteiger partial charge on any atom is -0.496 e. The Bertz CT molecular complexity index is 1180. The number of nitrogens with one attached hydrogen (secondary N) is 1. The van der Waals surface area contributed by atoms with Crippen molar-refractivity contribution in [3.63, 3.8) is 0 Å². The molecule has 6 nitrogen and oxygen atoms in total. The summed E-state index contributed by atoms with van der Waals surface area (Å²) in [6.45, 7) is 0. The number of rotatable bonds is 8. The Morgan fingerprint density at radius 3 is 2.15 bits per heavy atom. The van der Waals surface area contributed by atoms with E-state index in [0.29, 0.717) is 16.9 Å². The molecule has 9 heteroatoms. The van der Waals surface area contributed by atoms with Crippen molar-refractivity contribution in [3.05, 3.63) is 81.6 Å². The van der Waals surface area contributed by atoms with E-state index >= 15 is 0 Å². The van der Waals surface area contributed by atoms with E-state index < -0.39 is 23.7 Å². The van der Waals surface area contributed by atoms with Crippen molar-refractivity contribution in [2.24, 2.45) is 0 Å². The summed E-state index contributed by atoms with van der Waals surface area (Å²) in [6.07, 6.45) is 0.137. The van der Waals surface area contributed by atoms with Gasteiger partial charge in [-0.15, -0.1) is 0 Å². The Kier molecular flexibility index (Phi) is 8.36. The van der Waals surface area contributed by atoms with Gasteiger partial charge in [-0.05, 0) is 35.4 Å². The summed E-state index contributed by atoms with van der Waals surface area (Å²) in [4.78, 5) is 25.1. The molecule has 34 heavy (non-hydrogen) atoms. The molecule has 178 valence electrons. The molecule has 3 aromatic carbocycles. The molecule has 3 rings (SSSR count). The van der Waals surface area contributed by atoms with Crippen molar-refractivity contribution >= 4 is 35.1 Å². The van der Waals surface area contributed by atoms with E-state index in [0.717, 1.165) is 5.56 Å². The number of esters is 1. The van der Waals surface area contributed by atoms with Crippen molar-refractivity contribution < 1.29 is 28.2 Å². The van der Waals surface area contributed by atoms with Crippen LogP contribution in [0.25, 0.3) is 11.1 Å². The Labute approximate surface area is 206 Å². The van der Waals surface area contributed by atoms with Crippen molar-refractivity contribution in [3.8, 4) is 22.6 Å². The van der Waals surface area contributed by atoms with Crippen molar-refractivity contribution in [1.82, 2.24) is 5.32 Å². The number of hydrogen-bond donors (Lipinski definition) is 1. The van der Waals surface area contributed by atoms with Crippen LogP contribution in [0.2, 0.25) is 10.0 Å². The maximum absolute atomic E-state index is 14.3. The van der Waals surface area contributed by atoms with Crippen LogP contribution >= 0.6 is 23.2 Å². The van der Waals surface area contributed by atoms with E-state index in [2.05, 4.69) is 5.32 Å². The van der Waals surface area contributed by atoms with Crippen molar-refractivity contribution in [2.75, 3.05) is 21.3 Å². The second-order valence-corrected chi connectivity index (χ2v) is 8.02. The second kappa shape index (κ2) is 11.2. The molecule has 0 aromatic heterocycles. The molecular formula is C25H22Cl2FNO5. The van der Waals surface area contributed by atoms with E-state index in [-0.39, 0.29) is 27.8 Å². The highest BCUT2D eigenvalue weighted by molar-refractivity contribution is 6.39. The molecule has 1 N–H and O–H groups in total. The minimum absolute atomic E-state index is 0.0587. The highest BCUT2D eigenvalue weighted by Crippen LogP contribution is 2.40. The highest BCUT2D eigenvalue weighted by Gasteiger charge is 2.25. The first kappa shape index (κ1) is 25.3. The van der Waals surface area contributed by atoms with Gasteiger partial charge in [0.2, 0.25) is 0 Å². The van der Waals surface area contributed by atoms with E-state index in [1.54, 1.807) is 30.3 Å². The van der Waals surface area contributed by atoms with Gasteiger partial charge in [0.15, 0.2) is 11.6 Å². The quantitative estimate of drug-likeness (QED) is 0.418. The number of methoxy groups -OCH3 is 3. The fourth-order valence-electron chi connectivity index (χ4n) is 3.51. The highest BCUT2D eigenvalue weighted by atomic mass is 35.5. The molecule has 0 fully saturated rings. The maximum Gasteiger partial charge on any atom is 0.328 e. The Morgan fingerprint density at radius 1 is 0.941 bits per heavy atom. The number of carbonyl (C=O) groups is 2. The van der Waals surface area contributed by atoms with Gasteiger partial charge >= 0.3 is 5.97 Å². The third-order valence-corrected chi connectivity index (χ3v) is 5.79. The summed E-state index contributed by atoms with van der Waals surface area (Å²) < 4.78 is 29.7. The van der Waals surface area contributed by atoms with Gasteiger partial charge in [-0.2, -0.15) is 0 Å². The summed E-state index contributed by atoms with van der Waals surface area (Å²) in [5, 5.41) is 2.96. The van der Waals surface area contributed by atoms with Gasteiger partial charge in [-0.1, -0.05) is 53.5 Å². The largest absolute Gasteiger partial charge is 0.496 e. The van der Waals surface area contributed by atoms with Gasteiger partial charge in [0.05, 0.1) is 42.5 Å². The SMILES string of the molecule is COC(=O)[C@H](Cc1ccc(-c2c(OC)ccc(F)c2OC)cc1)NC(=O)c1c(Cl)cccc1Cl. The average molecular weight is 506 g/mol. The monoisotopic (exact) mass is 505 g/mol. The number of amides is 1. The molecule has 0 aliphatic carbocycles. The Morgan fingerprint density at radius 2 is 1.59 bits per heavy atom. The molecule has 0 unspecified atom stereocenters. The number of benzene rings is 3. The summed E-state index contributed by atoms with van der Waals surface area (Å²) in [5.41, 5.74) is 1.90.